The Morgan fingerprint density at radius 3 is 1.78 bits per heavy atom. The monoisotopic (exact) mass is 288 g/mol. The van der Waals surface area contributed by atoms with E-state index in [0.29, 0.717) is 12.6 Å². The van der Waals surface area contributed by atoms with E-state index in [-0.39, 0.29) is 0 Å². The summed E-state index contributed by atoms with van der Waals surface area (Å²) in [7, 11) is -3.26. The smallest absolute Gasteiger partial charge is 0.268 e. The molecule has 0 N–H and O–H groups in total. The van der Waals surface area contributed by atoms with Gasteiger partial charge in [-0.3, -0.25) is 0 Å². The highest BCUT2D eigenvalue weighted by Crippen LogP contribution is 2.17. The summed E-state index contributed by atoms with van der Waals surface area (Å²) in [6.07, 6.45) is 3.81. The number of allylic oxidation sites excluding steroid dienone is 2. The molecule has 0 aromatic heterocycles. The van der Waals surface area contributed by atoms with Crippen LogP contribution >= 0.6 is 0 Å². The summed E-state index contributed by atoms with van der Waals surface area (Å²) in [4.78, 5) is 0. The molecule has 0 unspecified atom stereocenters. The highest BCUT2D eigenvalue weighted by atomic mass is 28.4. The van der Waals surface area contributed by atoms with Gasteiger partial charge in [-0.2, -0.15) is 0 Å². The molecule has 18 heavy (non-hydrogen) atoms. The molecular formula is C13H28O3Si2. The molecule has 0 aliphatic carbocycles. The Kier molecular flexibility index (Phi) is 6.77. The van der Waals surface area contributed by atoms with E-state index < -0.39 is 16.6 Å². The van der Waals surface area contributed by atoms with Crippen molar-refractivity contribution >= 4 is 16.6 Å². The first-order chi connectivity index (χ1) is 8.07. The van der Waals surface area contributed by atoms with Crippen molar-refractivity contribution in [3.63, 3.8) is 0 Å². The average Bonchev–Trinajstić information content (AvgIpc) is 2.12. The summed E-state index contributed by atoms with van der Waals surface area (Å²) in [5, 5.41) is 0. The zero-order valence-corrected chi connectivity index (χ0v) is 15.1. The van der Waals surface area contributed by atoms with Gasteiger partial charge in [-0.25, -0.2) is 0 Å². The van der Waals surface area contributed by atoms with Crippen LogP contribution in [0.1, 0.15) is 13.8 Å². The van der Waals surface area contributed by atoms with Crippen molar-refractivity contribution in [1.82, 2.24) is 0 Å². The Bertz CT molecular complexity index is 309. The molecule has 0 aromatic carbocycles. The van der Waals surface area contributed by atoms with Gasteiger partial charge < -0.3 is 13.6 Å². The summed E-state index contributed by atoms with van der Waals surface area (Å²) >= 11 is 0. The molecule has 0 spiro atoms. The van der Waals surface area contributed by atoms with Crippen molar-refractivity contribution in [2.75, 3.05) is 6.61 Å². The number of ether oxygens (including phenoxy) is 1. The van der Waals surface area contributed by atoms with Crippen molar-refractivity contribution in [3.8, 4) is 0 Å². The predicted octanol–water partition coefficient (Wildman–Crippen LogP) is 4.47. The minimum absolute atomic E-state index is 0.572. The normalized spacial score (nSPS) is 14.4. The van der Waals surface area contributed by atoms with Crippen LogP contribution in [0.5, 0.6) is 0 Å². The number of hydrogen-bond acceptors (Lipinski definition) is 3. The maximum absolute atomic E-state index is 5.96. The molecule has 0 bridgehead atoms. The summed E-state index contributed by atoms with van der Waals surface area (Å²) in [5.74, 6) is 1.40. The van der Waals surface area contributed by atoms with Crippen LogP contribution in [0.25, 0.3) is 0 Å². The minimum atomic E-state index is -1.66. The first-order valence-corrected chi connectivity index (χ1v) is 13.3. The number of rotatable bonds is 7. The molecule has 0 rings (SSSR count). The van der Waals surface area contributed by atoms with Gasteiger partial charge >= 0.3 is 0 Å². The third kappa shape index (κ3) is 9.35. The van der Waals surface area contributed by atoms with Gasteiger partial charge in [-0.15, -0.1) is 0 Å². The zero-order chi connectivity index (χ0) is 14.4. The van der Waals surface area contributed by atoms with Crippen LogP contribution in [0.2, 0.25) is 39.3 Å². The molecule has 0 fully saturated rings. The van der Waals surface area contributed by atoms with Crippen LogP contribution in [0.15, 0.2) is 23.9 Å². The second-order valence-electron chi connectivity index (χ2n) is 6.02. The van der Waals surface area contributed by atoms with E-state index in [9.17, 15) is 0 Å². The lowest BCUT2D eigenvalue weighted by Crippen LogP contribution is -2.27. The molecule has 0 aromatic rings. The summed E-state index contributed by atoms with van der Waals surface area (Å²) in [6, 6.07) is 0. The Morgan fingerprint density at radius 1 is 0.944 bits per heavy atom. The van der Waals surface area contributed by atoms with Gasteiger partial charge in [0.25, 0.3) is 5.95 Å². The van der Waals surface area contributed by atoms with Crippen LogP contribution < -0.4 is 0 Å². The van der Waals surface area contributed by atoms with E-state index in [2.05, 4.69) is 39.3 Å². The second kappa shape index (κ2) is 7.04. The summed E-state index contributed by atoms with van der Waals surface area (Å²) < 4.78 is 17.4. The van der Waals surface area contributed by atoms with Crippen LogP contribution in [-0.2, 0) is 13.6 Å². The lowest BCUT2D eigenvalue weighted by Gasteiger charge is -2.23. The lowest BCUT2D eigenvalue weighted by molar-refractivity contribution is 0.111. The topological polar surface area (TPSA) is 27.7 Å². The van der Waals surface area contributed by atoms with Crippen LogP contribution in [0.4, 0.5) is 0 Å². The first kappa shape index (κ1) is 17.3. The Labute approximate surface area is 114 Å². The molecule has 106 valence electrons. The first-order valence-electron chi connectivity index (χ1n) is 6.46. The maximum atomic E-state index is 5.96. The largest absolute Gasteiger partial charge is 0.544 e. The minimum Gasteiger partial charge on any atom is -0.544 e. The van der Waals surface area contributed by atoms with E-state index in [1.807, 2.05) is 26.0 Å². The summed E-state index contributed by atoms with van der Waals surface area (Å²) in [5.41, 5.74) is 0. The second-order valence-corrected chi connectivity index (χ2v) is 14.9. The molecular weight excluding hydrogens is 260 g/mol. The van der Waals surface area contributed by atoms with Crippen molar-refractivity contribution < 1.29 is 13.6 Å². The molecule has 0 radical (unpaired) electrons. The third-order valence-corrected chi connectivity index (χ3v) is 3.32. The van der Waals surface area contributed by atoms with Crippen molar-refractivity contribution in [2.45, 2.75) is 53.1 Å². The molecule has 3 nitrogen and oxygen atoms in total. The van der Waals surface area contributed by atoms with E-state index in [0.717, 1.165) is 5.76 Å². The van der Waals surface area contributed by atoms with Crippen molar-refractivity contribution in [3.05, 3.63) is 23.9 Å². The molecule has 5 heteroatoms. The molecule has 0 amide bonds. The fourth-order valence-electron chi connectivity index (χ4n) is 1.19. The average molecular weight is 289 g/mol. The highest BCUT2D eigenvalue weighted by Gasteiger charge is 2.21. The van der Waals surface area contributed by atoms with Gasteiger partial charge in [-0.1, -0.05) is 0 Å². The van der Waals surface area contributed by atoms with E-state index in [4.69, 9.17) is 13.6 Å². The number of hydrogen-bond donors (Lipinski definition) is 0. The molecule has 0 aliphatic rings. The van der Waals surface area contributed by atoms with Crippen LogP contribution in [0, 0.1) is 0 Å². The van der Waals surface area contributed by atoms with Gasteiger partial charge in [0, 0.05) is 0 Å². The molecule has 0 saturated carbocycles. The van der Waals surface area contributed by atoms with Gasteiger partial charge in [0.1, 0.15) is 5.76 Å². The Balaban J connectivity index is 4.91. The fourth-order valence-corrected chi connectivity index (χ4v) is 2.79. The SMILES string of the molecule is CC=C(C=C(OCC)O[Si](C)(C)C)O[Si](C)(C)C. The van der Waals surface area contributed by atoms with E-state index in [1.54, 1.807) is 0 Å². The third-order valence-electron chi connectivity index (χ3n) is 1.66. The maximum Gasteiger partial charge on any atom is 0.268 e. The fraction of sp³-hybridized carbons (Fsp3) is 0.692. The van der Waals surface area contributed by atoms with Gasteiger partial charge in [0.15, 0.2) is 0 Å². The molecule has 0 aliphatic heterocycles. The van der Waals surface area contributed by atoms with Crippen LogP contribution in [-0.4, -0.2) is 23.2 Å². The predicted molar refractivity (Wildman–Crippen MR) is 82.3 cm³/mol. The lowest BCUT2D eigenvalue weighted by atomic mass is 10.4. The zero-order valence-electron chi connectivity index (χ0n) is 13.1. The standard InChI is InChI=1S/C13H28O3Si2/c1-9-12(15-17(3,4)5)11-13(14-10-2)16-18(6,7)8/h9,11H,10H2,1-8H3. The molecule has 0 saturated heterocycles. The van der Waals surface area contributed by atoms with Crippen molar-refractivity contribution in [1.29, 1.82) is 0 Å². The van der Waals surface area contributed by atoms with Crippen LogP contribution in [0.3, 0.4) is 0 Å². The van der Waals surface area contributed by atoms with E-state index >= 15 is 0 Å². The Hall–Kier alpha value is -0.686. The highest BCUT2D eigenvalue weighted by molar-refractivity contribution is 6.70. The van der Waals surface area contributed by atoms with Gasteiger partial charge in [-0.05, 0) is 59.2 Å². The van der Waals surface area contributed by atoms with E-state index in [1.165, 1.54) is 0 Å². The summed E-state index contributed by atoms with van der Waals surface area (Å²) in [6.45, 7) is 17.4. The Morgan fingerprint density at radius 2 is 1.44 bits per heavy atom. The van der Waals surface area contributed by atoms with Crippen molar-refractivity contribution in [2.24, 2.45) is 0 Å². The molecule has 0 heterocycles. The quantitative estimate of drug-likeness (QED) is 0.393. The van der Waals surface area contributed by atoms with Gasteiger partial charge in [0.05, 0.1) is 12.7 Å². The molecule has 0 atom stereocenters. The van der Waals surface area contributed by atoms with Gasteiger partial charge in [0.2, 0.25) is 16.6 Å².